The number of hydrogen-bond acceptors (Lipinski definition) is 0. The van der Waals surface area contributed by atoms with Gasteiger partial charge in [0.25, 0.3) is 0 Å². The summed E-state index contributed by atoms with van der Waals surface area (Å²) in [6.45, 7) is 2.09. The van der Waals surface area contributed by atoms with E-state index in [2.05, 4.69) is 68.9 Å². The van der Waals surface area contributed by atoms with Crippen molar-refractivity contribution in [3.8, 4) is 0 Å². The van der Waals surface area contributed by atoms with Crippen LogP contribution in [0.15, 0.2) is 0 Å². The van der Waals surface area contributed by atoms with Crippen LogP contribution in [0.25, 0.3) is 0 Å². The fourth-order valence-electron chi connectivity index (χ4n) is 0. The molecule has 0 bridgehead atoms. The van der Waals surface area contributed by atoms with Gasteiger partial charge in [-0.05, 0) is 0 Å². The molecule has 0 spiro atoms. The third-order valence-electron chi connectivity index (χ3n) is 0.478. The van der Waals surface area contributed by atoms with Crippen molar-refractivity contribution in [1.29, 1.82) is 0 Å². The van der Waals surface area contributed by atoms with E-state index in [1.807, 2.05) is 0 Å². The molecule has 0 saturated carbocycles. The first-order valence-electron chi connectivity index (χ1n) is 1.70. The molecule has 46 valence electrons. The van der Waals surface area contributed by atoms with Gasteiger partial charge in [0.05, 0.1) is 0 Å². The van der Waals surface area contributed by atoms with Crippen LogP contribution in [-0.4, -0.2) is 6.16 Å². The molecule has 0 N–H and O–H groups in total. The predicted octanol–water partition coefficient (Wildman–Crippen LogP) is 4.80. The van der Waals surface area contributed by atoms with E-state index in [1.165, 1.54) is 0 Å². The molecular formula is C2H5Br4P. The van der Waals surface area contributed by atoms with Gasteiger partial charge in [0, 0.05) is 0 Å². The first kappa shape index (κ1) is 9.35. The second kappa shape index (κ2) is 2.53. The van der Waals surface area contributed by atoms with E-state index in [0.717, 1.165) is 6.16 Å². The third kappa shape index (κ3) is 8.35. The maximum atomic E-state index is 3.46. The van der Waals surface area contributed by atoms with Gasteiger partial charge in [-0.3, -0.25) is 0 Å². The number of hydrogen-bond donors (Lipinski definition) is 0. The molecule has 7 heavy (non-hydrogen) atoms. The summed E-state index contributed by atoms with van der Waals surface area (Å²) in [7, 11) is 0. The Bertz CT molecular complexity index is 62.2. The molecule has 0 amide bonds. The monoisotopic (exact) mass is 376 g/mol. The summed E-state index contributed by atoms with van der Waals surface area (Å²) in [6.07, 6.45) is 1.03. The molecule has 0 aromatic rings. The normalized spacial score (nSPS) is 18.1. The molecule has 0 aromatic heterocycles. The Morgan fingerprint density at radius 3 is 1.29 bits per heavy atom. The maximum absolute atomic E-state index is 3.46. The fraction of sp³-hybridized carbons (Fsp3) is 1.00. The molecule has 0 aliphatic rings. The summed E-state index contributed by atoms with van der Waals surface area (Å²) in [5, 5.41) is 0. The van der Waals surface area contributed by atoms with Crippen molar-refractivity contribution < 1.29 is 0 Å². The minimum atomic E-state index is -1.83. The first-order chi connectivity index (χ1) is 2.81. The zero-order valence-electron chi connectivity index (χ0n) is 3.67. The first-order valence-corrected chi connectivity index (χ1v) is 12.2. The molecule has 0 aliphatic heterocycles. The summed E-state index contributed by atoms with van der Waals surface area (Å²) in [4.78, 5) is 0. The quantitative estimate of drug-likeness (QED) is 0.574. The fourth-order valence-corrected chi connectivity index (χ4v) is 0. The van der Waals surface area contributed by atoms with Crippen LogP contribution < -0.4 is 0 Å². The minimum absolute atomic E-state index is 1.03. The van der Waals surface area contributed by atoms with Gasteiger partial charge in [-0.1, -0.05) is 0 Å². The van der Waals surface area contributed by atoms with Crippen molar-refractivity contribution in [3.63, 3.8) is 0 Å². The summed E-state index contributed by atoms with van der Waals surface area (Å²) < 4.78 is -1.83. The third-order valence-corrected chi connectivity index (χ3v) is 7.45. The Labute approximate surface area is 75.7 Å². The van der Waals surface area contributed by atoms with E-state index in [1.54, 1.807) is 0 Å². The van der Waals surface area contributed by atoms with Crippen molar-refractivity contribution in [1.82, 2.24) is 0 Å². The molecule has 0 heterocycles. The van der Waals surface area contributed by atoms with Crippen molar-refractivity contribution in [2.45, 2.75) is 6.92 Å². The molecule has 0 aliphatic carbocycles. The van der Waals surface area contributed by atoms with E-state index in [0.29, 0.717) is 0 Å². The zero-order chi connectivity index (χ0) is 6.15. The predicted molar refractivity (Wildman–Crippen MR) is 53.2 cm³/mol. The van der Waals surface area contributed by atoms with Gasteiger partial charge in [0.1, 0.15) is 0 Å². The molecule has 0 unspecified atom stereocenters. The van der Waals surface area contributed by atoms with Crippen LogP contribution >= 0.6 is 63.4 Å². The van der Waals surface area contributed by atoms with Gasteiger partial charge in [-0.25, -0.2) is 0 Å². The molecule has 0 aromatic carbocycles. The van der Waals surface area contributed by atoms with Crippen molar-refractivity contribution >= 4 is 63.4 Å². The second-order valence-corrected chi connectivity index (χ2v) is 39.5. The average molecular weight is 380 g/mol. The Kier molecular flexibility index (Phi) is 3.38. The van der Waals surface area contributed by atoms with Gasteiger partial charge in [0.15, 0.2) is 0 Å². The molecular weight excluding hydrogens is 375 g/mol. The molecule has 0 fully saturated rings. The molecule has 0 nitrogen and oxygen atoms in total. The van der Waals surface area contributed by atoms with Crippen LogP contribution in [0.3, 0.4) is 0 Å². The van der Waals surface area contributed by atoms with Crippen LogP contribution in [0.2, 0.25) is 0 Å². The van der Waals surface area contributed by atoms with Crippen LogP contribution in [0.1, 0.15) is 6.92 Å². The van der Waals surface area contributed by atoms with E-state index in [-0.39, 0.29) is 0 Å². The summed E-state index contributed by atoms with van der Waals surface area (Å²) in [6, 6.07) is 0. The van der Waals surface area contributed by atoms with Gasteiger partial charge in [-0.15, -0.1) is 0 Å². The van der Waals surface area contributed by atoms with Gasteiger partial charge >= 0.3 is 76.5 Å². The van der Waals surface area contributed by atoms with E-state index in [4.69, 9.17) is 0 Å². The molecule has 0 rings (SSSR count). The Balaban J connectivity index is 3.83. The van der Waals surface area contributed by atoms with E-state index >= 15 is 0 Å². The van der Waals surface area contributed by atoms with Crippen LogP contribution in [0, 0.1) is 0 Å². The zero-order valence-corrected chi connectivity index (χ0v) is 10.9. The SMILES string of the molecule is CCP(Br)(Br)(Br)Br. The van der Waals surface area contributed by atoms with Gasteiger partial charge in [0.2, 0.25) is 0 Å². The molecule has 5 heteroatoms. The van der Waals surface area contributed by atoms with Gasteiger partial charge in [-0.2, -0.15) is 0 Å². The molecule has 0 radical (unpaired) electrons. The van der Waals surface area contributed by atoms with Crippen LogP contribution in [-0.2, 0) is 0 Å². The van der Waals surface area contributed by atoms with Crippen molar-refractivity contribution in [3.05, 3.63) is 0 Å². The van der Waals surface area contributed by atoms with E-state index in [9.17, 15) is 0 Å². The van der Waals surface area contributed by atoms with Gasteiger partial charge < -0.3 is 0 Å². The Morgan fingerprint density at radius 2 is 1.29 bits per heavy atom. The van der Waals surface area contributed by atoms with E-state index < -0.39 is 1.41 Å². The Morgan fingerprint density at radius 1 is 1.14 bits per heavy atom. The summed E-state index contributed by atoms with van der Waals surface area (Å²) in [5.74, 6) is 0. The Hall–Kier alpha value is 2.35. The number of rotatable bonds is 1. The van der Waals surface area contributed by atoms with Crippen LogP contribution in [0.4, 0.5) is 0 Å². The average Bonchev–Trinajstić information content (AvgIpc) is 1.32. The second-order valence-electron chi connectivity index (χ2n) is 1.18. The topological polar surface area (TPSA) is 0 Å². The standard InChI is InChI=1S/C2H5Br4P/c1-2-7(3,4,5)6/h2H2,1H3. The van der Waals surface area contributed by atoms with Crippen LogP contribution in [0.5, 0.6) is 0 Å². The molecule has 0 saturated heterocycles. The molecule has 0 atom stereocenters. The summed E-state index contributed by atoms with van der Waals surface area (Å²) in [5.41, 5.74) is 0. The number of halogens is 4. The van der Waals surface area contributed by atoms with Crippen molar-refractivity contribution in [2.24, 2.45) is 0 Å². The van der Waals surface area contributed by atoms with Crippen molar-refractivity contribution in [2.75, 3.05) is 6.16 Å². The summed E-state index contributed by atoms with van der Waals surface area (Å²) >= 11 is 13.8.